The van der Waals surface area contributed by atoms with E-state index in [-0.39, 0.29) is 18.4 Å². The summed E-state index contributed by atoms with van der Waals surface area (Å²) < 4.78 is 0. The fourth-order valence-corrected chi connectivity index (χ4v) is 0.852. The molecule has 2 amide bonds. The number of hydrogen-bond acceptors (Lipinski definition) is 4. The van der Waals surface area contributed by atoms with Gasteiger partial charge in [0.15, 0.2) is 0 Å². The molecule has 62 valence electrons. The predicted octanol–water partition coefficient (Wildman–Crippen LogP) is -2.94. The molecule has 0 aromatic rings. The third kappa shape index (κ3) is 1.89. The van der Waals surface area contributed by atoms with Gasteiger partial charge in [0, 0.05) is 6.54 Å². The number of carbonyl (C=O) groups excluding carboxylic acids is 2. The first-order valence-corrected chi connectivity index (χ1v) is 3.24. The molecule has 1 unspecified atom stereocenters. The highest BCUT2D eigenvalue weighted by Gasteiger charge is 2.22. The molecule has 6 nitrogen and oxygen atoms in total. The van der Waals surface area contributed by atoms with E-state index in [1.807, 2.05) is 5.43 Å². The van der Waals surface area contributed by atoms with Crippen molar-refractivity contribution in [2.24, 2.45) is 5.84 Å². The van der Waals surface area contributed by atoms with Crippen LogP contribution in [0.25, 0.3) is 0 Å². The van der Waals surface area contributed by atoms with Gasteiger partial charge in [-0.15, -0.1) is 0 Å². The number of rotatable bonds is 1. The van der Waals surface area contributed by atoms with Crippen molar-refractivity contribution >= 4 is 11.8 Å². The standard InChI is InChI=1S/C5H10N4O2/c6-9-5(11)3-1-8-4(10)2-7-3/h3,7H,1-2,6H2,(H,8,10)(H,9,11). The van der Waals surface area contributed by atoms with E-state index >= 15 is 0 Å². The summed E-state index contributed by atoms with van der Waals surface area (Å²) >= 11 is 0. The molecule has 1 fully saturated rings. The van der Waals surface area contributed by atoms with Gasteiger partial charge in [0.25, 0.3) is 5.91 Å². The van der Waals surface area contributed by atoms with Gasteiger partial charge in [0.1, 0.15) is 6.04 Å². The lowest BCUT2D eigenvalue weighted by Crippen LogP contribution is -2.58. The van der Waals surface area contributed by atoms with Crippen molar-refractivity contribution in [3.8, 4) is 0 Å². The Labute approximate surface area is 63.5 Å². The summed E-state index contributed by atoms with van der Waals surface area (Å²) in [7, 11) is 0. The van der Waals surface area contributed by atoms with Crippen molar-refractivity contribution < 1.29 is 9.59 Å². The van der Waals surface area contributed by atoms with E-state index < -0.39 is 6.04 Å². The van der Waals surface area contributed by atoms with Gasteiger partial charge in [-0.25, -0.2) is 5.84 Å². The number of hydrogen-bond donors (Lipinski definition) is 4. The number of nitrogens with one attached hydrogen (secondary N) is 3. The Bertz CT molecular complexity index is 171. The zero-order valence-electron chi connectivity index (χ0n) is 5.89. The van der Waals surface area contributed by atoms with Gasteiger partial charge in [-0.1, -0.05) is 0 Å². The molecule has 5 N–H and O–H groups in total. The predicted molar refractivity (Wildman–Crippen MR) is 37.1 cm³/mol. The molecule has 0 spiro atoms. The second-order valence-electron chi connectivity index (χ2n) is 2.25. The van der Waals surface area contributed by atoms with Gasteiger partial charge in [-0.2, -0.15) is 0 Å². The molecule has 1 atom stereocenters. The van der Waals surface area contributed by atoms with Crippen LogP contribution < -0.4 is 21.9 Å². The molecule has 1 aliphatic heterocycles. The van der Waals surface area contributed by atoms with Gasteiger partial charge in [-0.3, -0.25) is 20.3 Å². The van der Waals surface area contributed by atoms with Crippen LogP contribution in [0.5, 0.6) is 0 Å². The monoisotopic (exact) mass is 158 g/mol. The Balaban J connectivity index is 2.39. The quantitative estimate of drug-likeness (QED) is 0.186. The molecule has 0 saturated carbocycles. The van der Waals surface area contributed by atoms with E-state index in [0.717, 1.165) is 0 Å². The summed E-state index contributed by atoms with van der Waals surface area (Å²) in [6.45, 7) is 0.458. The van der Waals surface area contributed by atoms with Crippen molar-refractivity contribution in [3.63, 3.8) is 0 Å². The third-order valence-electron chi connectivity index (χ3n) is 1.47. The molecule has 1 aliphatic rings. The molecule has 0 radical (unpaired) electrons. The van der Waals surface area contributed by atoms with E-state index in [1.165, 1.54) is 0 Å². The maximum Gasteiger partial charge on any atom is 0.252 e. The van der Waals surface area contributed by atoms with Crippen molar-refractivity contribution in [2.75, 3.05) is 13.1 Å². The Hall–Kier alpha value is -1.14. The fraction of sp³-hybridized carbons (Fsp3) is 0.600. The second kappa shape index (κ2) is 3.31. The number of hydrazine groups is 1. The highest BCUT2D eigenvalue weighted by atomic mass is 16.2. The summed E-state index contributed by atoms with van der Waals surface area (Å²) in [4.78, 5) is 21.4. The zero-order valence-corrected chi connectivity index (χ0v) is 5.89. The van der Waals surface area contributed by atoms with Gasteiger partial charge in [0.2, 0.25) is 5.91 Å². The maximum absolute atomic E-state index is 10.8. The summed E-state index contributed by atoms with van der Waals surface area (Å²) in [5.74, 6) is 4.46. The second-order valence-corrected chi connectivity index (χ2v) is 2.25. The van der Waals surface area contributed by atoms with Gasteiger partial charge in [0.05, 0.1) is 6.54 Å². The topological polar surface area (TPSA) is 96.2 Å². The highest BCUT2D eigenvalue weighted by Crippen LogP contribution is 1.86. The minimum Gasteiger partial charge on any atom is -0.353 e. The number of amides is 2. The number of nitrogens with two attached hydrogens (primary N) is 1. The Morgan fingerprint density at radius 1 is 1.73 bits per heavy atom. The minimum atomic E-state index is -0.405. The summed E-state index contributed by atoms with van der Waals surface area (Å²) in [6, 6.07) is -0.405. The lowest BCUT2D eigenvalue weighted by molar-refractivity contribution is -0.126. The molecule has 0 aromatic carbocycles. The van der Waals surface area contributed by atoms with Crippen LogP contribution in [0, 0.1) is 0 Å². The van der Waals surface area contributed by atoms with E-state index in [2.05, 4.69) is 10.6 Å². The normalized spacial score (nSPS) is 24.1. The van der Waals surface area contributed by atoms with E-state index in [9.17, 15) is 9.59 Å². The van der Waals surface area contributed by atoms with Crippen molar-refractivity contribution in [1.29, 1.82) is 0 Å². The molecule has 0 aromatic heterocycles. The van der Waals surface area contributed by atoms with Crippen LogP contribution in [0.1, 0.15) is 0 Å². The molecular weight excluding hydrogens is 148 g/mol. The van der Waals surface area contributed by atoms with E-state index in [0.29, 0.717) is 6.54 Å². The Kier molecular flexibility index (Phi) is 2.40. The third-order valence-corrected chi connectivity index (χ3v) is 1.47. The van der Waals surface area contributed by atoms with Crippen LogP contribution in [0.3, 0.4) is 0 Å². The first-order valence-electron chi connectivity index (χ1n) is 3.24. The van der Waals surface area contributed by atoms with Crippen LogP contribution in [-0.4, -0.2) is 30.9 Å². The maximum atomic E-state index is 10.8. The van der Waals surface area contributed by atoms with Crippen molar-refractivity contribution in [3.05, 3.63) is 0 Å². The fourth-order valence-electron chi connectivity index (χ4n) is 0.852. The first-order chi connectivity index (χ1) is 5.24. The lowest BCUT2D eigenvalue weighted by Gasteiger charge is -2.21. The first kappa shape index (κ1) is 7.96. The molecule has 1 rings (SSSR count). The smallest absolute Gasteiger partial charge is 0.252 e. The van der Waals surface area contributed by atoms with Crippen LogP contribution in [-0.2, 0) is 9.59 Å². The average molecular weight is 158 g/mol. The van der Waals surface area contributed by atoms with Crippen LogP contribution in [0.4, 0.5) is 0 Å². The van der Waals surface area contributed by atoms with Crippen LogP contribution in [0.15, 0.2) is 0 Å². The largest absolute Gasteiger partial charge is 0.353 e. The molecule has 0 bridgehead atoms. The molecule has 6 heteroatoms. The summed E-state index contributed by atoms with van der Waals surface area (Å²) in [6.07, 6.45) is 0. The van der Waals surface area contributed by atoms with Crippen molar-refractivity contribution in [1.82, 2.24) is 16.1 Å². The van der Waals surface area contributed by atoms with Gasteiger partial charge >= 0.3 is 0 Å². The zero-order chi connectivity index (χ0) is 8.27. The highest BCUT2D eigenvalue weighted by molar-refractivity contribution is 5.86. The molecular formula is C5H10N4O2. The van der Waals surface area contributed by atoms with Gasteiger partial charge in [-0.05, 0) is 0 Å². The summed E-state index contributed by atoms with van der Waals surface area (Å²) in [5, 5.41) is 5.24. The SMILES string of the molecule is NNC(=O)C1CNC(=O)CN1. The number of piperazine rings is 1. The number of carbonyl (C=O) groups is 2. The Morgan fingerprint density at radius 2 is 2.45 bits per heavy atom. The van der Waals surface area contributed by atoms with E-state index in [4.69, 9.17) is 5.84 Å². The molecule has 1 heterocycles. The molecule has 0 aliphatic carbocycles. The average Bonchev–Trinajstić information content (AvgIpc) is 2.05. The van der Waals surface area contributed by atoms with Crippen LogP contribution >= 0.6 is 0 Å². The molecule has 1 saturated heterocycles. The minimum absolute atomic E-state index is 0.105. The van der Waals surface area contributed by atoms with Gasteiger partial charge < -0.3 is 5.32 Å². The Morgan fingerprint density at radius 3 is 2.91 bits per heavy atom. The summed E-state index contributed by atoms with van der Waals surface area (Å²) in [5.41, 5.74) is 2.00. The van der Waals surface area contributed by atoms with Crippen molar-refractivity contribution in [2.45, 2.75) is 6.04 Å². The van der Waals surface area contributed by atoms with Crippen LogP contribution in [0.2, 0.25) is 0 Å². The van der Waals surface area contributed by atoms with E-state index in [1.54, 1.807) is 0 Å². The lowest BCUT2D eigenvalue weighted by atomic mass is 10.2. The molecule has 11 heavy (non-hydrogen) atoms.